The molecule has 0 bridgehead atoms. The zero-order valence-electron chi connectivity index (χ0n) is 11.5. The molecule has 5 nitrogen and oxygen atoms in total. The fourth-order valence-electron chi connectivity index (χ4n) is 2.11. The summed E-state index contributed by atoms with van der Waals surface area (Å²) in [6.45, 7) is 2.98. The summed E-state index contributed by atoms with van der Waals surface area (Å²) in [5, 5.41) is 5.99. The van der Waals surface area contributed by atoms with Gasteiger partial charge in [-0.05, 0) is 12.8 Å². The minimum Gasteiger partial charge on any atom is -0.490 e. The predicted molar refractivity (Wildman–Crippen MR) is 76.3 cm³/mol. The van der Waals surface area contributed by atoms with Crippen LogP contribution in [0.25, 0.3) is 0 Å². The fraction of sp³-hybridized carbons (Fsp3) is 0.500. The molecule has 1 unspecified atom stereocenters. The van der Waals surface area contributed by atoms with Crippen LogP contribution in [0.2, 0.25) is 0 Å². The van der Waals surface area contributed by atoms with Gasteiger partial charge in [0.15, 0.2) is 11.6 Å². The normalized spacial score (nSPS) is 17.9. The Kier molecular flexibility index (Phi) is 4.65. The zero-order valence-corrected chi connectivity index (χ0v) is 11.5. The molecular formula is C14H20FN3O2. The summed E-state index contributed by atoms with van der Waals surface area (Å²) >= 11 is 0. The van der Waals surface area contributed by atoms with Crippen LogP contribution in [0.1, 0.15) is 26.2 Å². The Bertz CT molecular complexity index is 494. The van der Waals surface area contributed by atoms with Gasteiger partial charge in [0, 0.05) is 31.1 Å². The molecule has 20 heavy (non-hydrogen) atoms. The molecule has 1 amide bonds. The summed E-state index contributed by atoms with van der Waals surface area (Å²) in [4.78, 5) is 11.1. The topological polar surface area (TPSA) is 76.4 Å². The van der Waals surface area contributed by atoms with Crippen LogP contribution in [0.3, 0.4) is 0 Å². The molecule has 1 atom stereocenters. The quantitative estimate of drug-likeness (QED) is 0.696. The molecule has 1 aromatic carbocycles. The summed E-state index contributed by atoms with van der Waals surface area (Å²) < 4.78 is 19.0. The van der Waals surface area contributed by atoms with Crippen molar-refractivity contribution in [1.82, 2.24) is 5.32 Å². The largest absolute Gasteiger partial charge is 0.490 e. The third kappa shape index (κ3) is 3.53. The maximum atomic E-state index is 13.7. The van der Waals surface area contributed by atoms with Crippen molar-refractivity contribution >= 4 is 17.3 Å². The van der Waals surface area contributed by atoms with Crippen molar-refractivity contribution < 1.29 is 13.9 Å². The molecular weight excluding hydrogens is 261 g/mol. The fourth-order valence-corrected chi connectivity index (χ4v) is 2.11. The number of anilines is 2. The summed E-state index contributed by atoms with van der Waals surface area (Å²) in [6.07, 6.45) is 2.16. The van der Waals surface area contributed by atoms with Gasteiger partial charge in [0.1, 0.15) is 0 Å². The first-order chi connectivity index (χ1) is 9.60. The second-order valence-electron chi connectivity index (χ2n) is 4.90. The van der Waals surface area contributed by atoms with Crippen LogP contribution in [-0.4, -0.2) is 25.1 Å². The minimum atomic E-state index is -0.462. The number of hydrogen-bond acceptors (Lipinski definition) is 4. The maximum Gasteiger partial charge on any atom is 0.220 e. The van der Waals surface area contributed by atoms with E-state index in [4.69, 9.17) is 10.5 Å². The average molecular weight is 281 g/mol. The number of ether oxygens (including phenoxy) is 1. The smallest absolute Gasteiger partial charge is 0.220 e. The first-order valence-electron chi connectivity index (χ1n) is 6.85. The third-order valence-corrected chi connectivity index (χ3v) is 3.19. The SMILES string of the molecule is CCCOc1cc(NCC2CCC(=O)N2)c(N)cc1F. The van der Waals surface area contributed by atoms with Crippen LogP contribution in [0.4, 0.5) is 15.8 Å². The summed E-state index contributed by atoms with van der Waals surface area (Å²) in [7, 11) is 0. The van der Waals surface area contributed by atoms with Gasteiger partial charge in [0.05, 0.1) is 18.0 Å². The van der Waals surface area contributed by atoms with E-state index in [9.17, 15) is 9.18 Å². The molecule has 0 aliphatic carbocycles. The van der Waals surface area contributed by atoms with Crippen molar-refractivity contribution in [3.05, 3.63) is 17.9 Å². The van der Waals surface area contributed by atoms with E-state index < -0.39 is 5.82 Å². The Morgan fingerprint density at radius 1 is 1.55 bits per heavy atom. The van der Waals surface area contributed by atoms with E-state index in [1.54, 1.807) is 6.07 Å². The van der Waals surface area contributed by atoms with E-state index in [-0.39, 0.29) is 17.7 Å². The van der Waals surface area contributed by atoms with E-state index in [2.05, 4.69) is 10.6 Å². The highest BCUT2D eigenvalue weighted by atomic mass is 19.1. The molecule has 4 N–H and O–H groups in total. The Morgan fingerprint density at radius 3 is 3.00 bits per heavy atom. The number of carbonyl (C=O) groups excluding carboxylic acids is 1. The van der Waals surface area contributed by atoms with E-state index in [0.29, 0.717) is 30.9 Å². The van der Waals surface area contributed by atoms with Gasteiger partial charge < -0.3 is 21.1 Å². The monoisotopic (exact) mass is 281 g/mol. The van der Waals surface area contributed by atoms with Crippen LogP contribution >= 0.6 is 0 Å². The molecule has 1 aliphatic heterocycles. The van der Waals surface area contributed by atoms with Gasteiger partial charge in [0.25, 0.3) is 0 Å². The number of nitrogens with one attached hydrogen (secondary N) is 2. The zero-order chi connectivity index (χ0) is 14.5. The highest BCUT2D eigenvalue weighted by Gasteiger charge is 2.20. The van der Waals surface area contributed by atoms with E-state index in [1.165, 1.54) is 6.07 Å². The van der Waals surface area contributed by atoms with Crippen LogP contribution in [0.5, 0.6) is 5.75 Å². The van der Waals surface area contributed by atoms with Crippen molar-refractivity contribution in [2.75, 3.05) is 24.2 Å². The second-order valence-corrected chi connectivity index (χ2v) is 4.90. The van der Waals surface area contributed by atoms with Gasteiger partial charge in [-0.2, -0.15) is 0 Å². The lowest BCUT2D eigenvalue weighted by atomic mass is 10.2. The van der Waals surface area contributed by atoms with Crippen molar-refractivity contribution in [2.45, 2.75) is 32.2 Å². The van der Waals surface area contributed by atoms with Crippen LogP contribution in [-0.2, 0) is 4.79 Å². The van der Waals surface area contributed by atoms with Crippen LogP contribution < -0.4 is 21.1 Å². The third-order valence-electron chi connectivity index (χ3n) is 3.19. The van der Waals surface area contributed by atoms with Crippen molar-refractivity contribution in [1.29, 1.82) is 0 Å². The van der Waals surface area contributed by atoms with Gasteiger partial charge in [-0.25, -0.2) is 4.39 Å². The summed E-state index contributed by atoms with van der Waals surface area (Å²) in [5.41, 5.74) is 6.74. The van der Waals surface area contributed by atoms with E-state index in [1.807, 2.05) is 6.92 Å². The van der Waals surface area contributed by atoms with Gasteiger partial charge >= 0.3 is 0 Å². The lowest BCUT2D eigenvalue weighted by molar-refractivity contribution is -0.119. The number of nitrogens with two attached hydrogens (primary N) is 1. The Labute approximate surface area is 117 Å². The lowest BCUT2D eigenvalue weighted by Crippen LogP contribution is -2.31. The van der Waals surface area contributed by atoms with Gasteiger partial charge in [-0.1, -0.05) is 6.92 Å². The number of amides is 1. The standard InChI is InChI=1S/C14H20FN3O2/c1-2-5-20-13-7-12(11(16)6-10(13)15)17-8-9-3-4-14(19)18-9/h6-7,9,17H,2-5,8,16H2,1H3,(H,18,19). The molecule has 1 aromatic rings. The van der Waals surface area contributed by atoms with Gasteiger partial charge in [0.2, 0.25) is 5.91 Å². The van der Waals surface area contributed by atoms with Crippen molar-refractivity contribution in [3.8, 4) is 5.75 Å². The molecule has 0 spiro atoms. The molecule has 2 rings (SSSR count). The lowest BCUT2D eigenvalue weighted by Gasteiger charge is -2.15. The van der Waals surface area contributed by atoms with Crippen molar-refractivity contribution in [3.63, 3.8) is 0 Å². The van der Waals surface area contributed by atoms with Crippen LogP contribution in [0.15, 0.2) is 12.1 Å². The molecule has 1 fully saturated rings. The number of nitrogen functional groups attached to an aromatic ring is 1. The van der Waals surface area contributed by atoms with Crippen LogP contribution in [0, 0.1) is 5.82 Å². The Balaban J connectivity index is 2.00. The van der Waals surface area contributed by atoms with Gasteiger partial charge in [-0.3, -0.25) is 4.79 Å². The highest BCUT2D eigenvalue weighted by Crippen LogP contribution is 2.28. The molecule has 0 saturated carbocycles. The molecule has 6 heteroatoms. The van der Waals surface area contributed by atoms with E-state index >= 15 is 0 Å². The Hall–Kier alpha value is -1.98. The molecule has 0 radical (unpaired) electrons. The van der Waals surface area contributed by atoms with Crippen molar-refractivity contribution in [2.24, 2.45) is 0 Å². The number of halogens is 1. The van der Waals surface area contributed by atoms with Gasteiger partial charge in [-0.15, -0.1) is 0 Å². The summed E-state index contributed by atoms with van der Waals surface area (Å²) in [5.74, 6) is -0.203. The molecule has 1 aliphatic rings. The first-order valence-corrected chi connectivity index (χ1v) is 6.85. The predicted octanol–water partition coefficient (Wildman–Crippen LogP) is 1.89. The minimum absolute atomic E-state index is 0.0656. The first kappa shape index (κ1) is 14.4. The number of hydrogen-bond donors (Lipinski definition) is 3. The number of carbonyl (C=O) groups is 1. The highest BCUT2D eigenvalue weighted by molar-refractivity contribution is 5.78. The average Bonchev–Trinajstić information content (AvgIpc) is 2.82. The molecule has 110 valence electrons. The Morgan fingerprint density at radius 2 is 2.35 bits per heavy atom. The van der Waals surface area contributed by atoms with E-state index in [0.717, 1.165) is 12.8 Å². The number of rotatable bonds is 6. The molecule has 1 heterocycles. The maximum absolute atomic E-state index is 13.7. The second kappa shape index (κ2) is 6.45. The number of benzene rings is 1. The molecule has 1 saturated heterocycles. The summed E-state index contributed by atoms with van der Waals surface area (Å²) in [6, 6.07) is 2.91. The molecule has 0 aromatic heterocycles.